The third-order valence-corrected chi connectivity index (χ3v) is 4.93. The molecular formula is C22H26N2O2. The van der Waals surface area contributed by atoms with Crippen molar-refractivity contribution in [2.45, 2.75) is 38.6 Å². The van der Waals surface area contributed by atoms with Gasteiger partial charge in [0.25, 0.3) is 5.91 Å². The highest BCUT2D eigenvalue weighted by molar-refractivity contribution is 5.94. The molecule has 1 N–H and O–H groups in total. The van der Waals surface area contributed by atoms with E-state index in [1.165, 1.54) is 11.1 Å². The summed E-state index contributed by atoms with van der Waals surface area (Å²) in [6.07, 6.45) is 2.96. The summed E-state index contributed by atoms with van der Waals surface area (Å²) in [5.74, 6) is 0.175. The van der Waals surface area contributed by atoms with Gasteiger partial charge in [0.2, 0.25) is 5.91 Å². The Morgan fingerprint density at radius 1 is 1.04 bits per heavy atom. The van der Waals surface area contributed by atoms with Gasteiger partial charge < -0.3 is 10.2 Å². The van der Waals surface area contributed by atoms with Crippen molar-refractivity contribution in [3.63, 3.8) is 0 Å². The van der Waals surface area contributed by atoms with Crippen LogP contribution in [-0.2, 0) is 11.2 Å². The molecule has 2 aromatic carbocycles. The van der Waals surface area contributed by atoms with Crippen LogP contribution in [0.25, 0.3) is 0 Å². The van der Waals surface area contributed by atoms with E-state index in [-0.39, 0.29) is 17.9 Å². The maximum absolute atomic E-state index is 12.4. The molecule has 26 heavy (non-hydrogen) atoms. The van der Waals surface area contributed by atoms with Crippen molar-refractivity contribution in [2.75, 3.05) is 13.1 Å². The van der Waals surface area contributed by atoms with Gasteiger partial charge in [0.15, 0.2) is 0 Å². The molecule has 1 fully saturated rings. The standard InChI is InChI=1S/C22H26N2O2/c1-17-6-5-7-18(16-17)10-11-21(25)24-14-12-20(13-15-24)23-22(26)19-8-3-2-4-9-19/h2-9,16,20H,10-15H2,1H3,(H,23,26). The van der Waals surface area contributed by atoms with Crippen molar-refractivity contribution in [3.8, 4) is 0 Å². The van der Waals surface area contributed by atoms with Gasteiger partial charge in [-0.3, -0.25) is 9.59 Å². The first-order valence-electron chi connectivity index (χ1n) is 9.31. The van der Waals surface area contributed by atoms with Crippen LogP contribution in [0.4, 0.5) is 0 Å². The van der Waals surface area contributed by atoms with Gasteiger partial charge in [-0.2, -0.15) is 0 Å². The first-order valence-corrected chi connectivity index (χ1v) is 9.31. The van der Waals surface area contributed by atoms with Crippen LogP contribution in [0.3, 0.4) is 0 Å². The number of likely N-dealkylation sites (tertiary alicyclic amines) is 1. The molecule has 0 radical (unpaired) electrons. The lowest BCUT2D eigenvalue weighted by atomic mass is 10.0. The number of nitrogens with one attached hydrogen (secondary N) is 1. The molecule has 0 spiro atoms. The molecule has 0 bridgehead atoms. The van der Waals surface area contributed by atoms with Gasteiger partial charge in [0.1, 0.15) is 0 Å². The second-order valence-corrected chi connectivity index (χ2v) is 6.98. The molecule has 2 aromatic rings. The van der Waals surface area contributed by atoms with E-state index >= 15 is 0 Å². The number of hydrogen-bond acceptors (Lipinski definition) is 2. The lowest BCUT2D eigenvalue weighted by molar-refractivity contribution is -0.132. The van der Waals surface area contributed by atoms with Crippen molar-refractivity contribution < 1.29 is 9.59 Å². The number of aryl methyl sites for hydroxylation is 2. The minimum atomic E-state index is -0.0326. The third-order valence-electron chi connectivity index (χ3n) is 4.93. The second-order valence-electron chi connectivity index (χ2n) is 6.98. The van der Waals surface area contributed by atoms with E-state index in [4.69, 9.17) is 0 Å². The van der Waals surface area contributed by atoms with E-state index < -0.39 is 0 Å². The highest BCUT2D eigenvalue weighted by atomic mass is 16.2. The van der Waals surface area contributed by atoms with Gasteiger partial charge in [-0.05, 0) is 43.9 Å². The minimum absolute atomic E-state index is 0.0326. The van der Waals surface area contributed by atoms with Crippen LogP contribution in [0.15, 0.2) is 54.6 Å². The number of rotatable bonds is 5. The second kappa shape index (κ2) is 8.65. The molecule has 0 saturated carbocycles. The van der Waals surface area contributed by atoms with Crippen molar-refractivity contribution in [1.29, 1.82) is 0 Å². The molecule has 0 unspecified atom stereocenters. The van der Waals surface area contributed by atoms with E-state index in [1.54, 1.807) is 0 Å². The molecule has 0 aliphatic carbocycles. The summed E-state index contributed by atoms with van der Waals surface area (Å²) in [5, 5.41) is 3.08. The average Bonchev–Trinajstić information content (AvgIpc) is 2.67. The number of hydrogen-bond donors (Lipinski definition) is 1. The first-order chi connectivity index (χ1) is 12.6. The fourth-order valence-electron chi connectivity index (χ4n) is 3.41. The predicted octanol–water partition coefficient (Wildman–Crippen LogP) is 3.35. The zero-order chi connectivity index (χ0) is 18.4. The highest BCUT2D eigenvalue weighted by Crippen LogP contribution is 2.14. The van der Waals surface area contributed by atoms with Gasteiger partial charge in [0, 0.05) is 31.1 Å². The minimum Gasteiger partial charge on any atom is -0.349 e. The Labute approximate surface area is 155 Å². The monoisotopic (exact) mass is 350 g/mol. The van der Waals surface area contributed by atoms with Gasteiger partial charge in [0.05, 0.1) is 0 Å². The molecule has 4 nitrogen and oxygen atoms in total. The summed E-state index contributed by atoms with van der Waals surface area (Å²) < 4.78 is 0. The Kier molecular flexibility index (Phi) is 6.05. The Bertz CT molecular complexity index is 750. The molecule has 4 heteroatoms. The topological polar surface area (TPSA) is 49.4 Å². The molecule has 2 amide bonds. The van der Waals surface area contributed by atoms with Crippen LogP contribution in [-0.4, -0.2) is 35.8 Å². The molecular weight excluding hydrogens is 324 g/mol. The summed E-state index contributed by atoms with van der Waals surface area (Å²) in [6, 6.07) is 17.7. The van der Waals surface area contributed by atoms with Crippen LogP contribution in [0.5, 0.6) is 0 Å². The van der Waals surface area contributed by atoms with Crippen LogP contribution in [0.2, 0.25) is 0 Å². The van der Waals surface area contributed by atoms with Crippen molar-refractivity contribution in [2.24, 2.45) is 0 Å². The molecule has 1 heterocycles. The van der Waals surface area contributed by atoms with Gasteiger partial charge in [-0.25, -0.2) is 0 Å². The molecule has 3 rings (SSSR count). The summed E-state index contributed by atoms with van der Waals surface area (Å²) in [5.41, 5.74) is 3.12. The molecule has 0 atom stereocenters. The number of nitrogens with zero attached hydrogens (tertiary/aromatic N) is 1. The number of carbonyl (C=O) groups is 2. The van der Waals surface area contributed by atoms with E-state index in [1.807, 2.05) is 41.3 Å². The first kappa shape index (κ1) is 18.2. The zero-order valence-electron chi connectivity index (χ0n) is 15.3. The van der Waals surface area contributed by atoms with Gasteiger partial charge >= 0.3 is 0 Å². The molecule has 0 aromatic heterocycles. The summed E-state index contributed by atoms with van der Waals surface area (Å²) >= 11 is 0. The Morgan fingerprint density at radius 3 is 2.46 bits per heavy atom. The quantitative estimate of drug-likeness (QED) is 0.899. The SMILES string of the molecule is Cc1cccc(CCC(=O)N2CCC(NC(=O)c3ccccc3)CC2)c1. The van der Waals surface area contributed by atoms with Crippen LogP contribution in [0.1, 0.15) is 40.7 Å². The summed E-state index contributed by atoms with van der Waals surface area (Å²) in [7, 11) is 0. The van der Waals surface area contributed by atoms with Gasteiger partial charge in [-0.1, -0.05) is 48.0 Å². The largest absolute Gasteiger partial charge is 0.349 e. The smallest absolute Gasteiger partial charge is 0.251 e. The molecule has 1 aliphatic rings. The molecule has 1 aliphatic heterocycles. The van der Waals surface area contributed by atoms with Gasteiger partial charge in [-0.15, -0.1) is 0 Å². The van der Waals surface area contributed by atoms with Crippen molar-refractivity contribution in [3.05, 3.63) is 71.3 Å². The normalized spacial score (nSPS) is 14.9. The fourth-order valence-corrected chi connectivity index (χ4v) is 3.41. The van der Waals surface area contributed by atoms with E-state index in [0.29, 0.717) is 25.1 Å². The van der Waals surface area contributed by atoms with E-state index in [2.05, 4.69) is 30.4 Å². The zero-order valence-corrected chi connectivity index (χ0v) is 15.3. The predicted molar refractivity (Wildman–Crippen MR) is 103 cm³/mol. The van der Waals surface area contributed by atoms with Crippen molar-refractivity contribution >= 4 is 11.8 Å². The number of benzene rings is 2. The Morgan fingerprint density at radius 2 is 1.77 bits per heavy atom. The maximum atomic E-state index is 12.4. The molecule has 1 saturated heterocycles. The number of carbonyl (C=O) groups excluding carboxylic acids is 2. The Balaban J connectivity index is 1.43. The fraction of sp³-hybridized carbons (Fsp3) is 0.364. The summed E-state index contributed by atoms with van der Waals surface area (Å²) in [6.45, 7) is 3.50. The van der Waals surface area contributed by atoms with Crippen molar-refractivity contribution in [1.82, 2.24) is 10.2 Å². The maximum Gasteiger partial charge on any atom is 0.251 e. The molecule has 136 valence electrons. The number of piperidine rings is 1. The van der Waals surface area contributed by atoms with Crippen LogP contribution < -0.4 is 5.32 Å². The average molecular weight is 350 g/mol. The summed E-state index contributed by atoms with van der Waals surface area (Å²) in [4.78, 5) is 26.6. The third kappa shape index (κ3) is 4.94. The lowest BCUT2D eigenvalue weighted by Gasteiger charge is -2.32. The van der Waals surface area contributed by atoms with Crippen LogP contribution in [0, 0.1) is 6.92 Å². The Hall–Kier alpha value is -2.62. The highest BCUT2D eigenvalue weighted by Gasteiger charge is 2.23. The van der Waals surface area contributed by atoms with E-state index in [9.17, 15) is 9.59 Å². The van der Waals surface area contributed by atoms with E-state index in [0.717, 1.165) is 19.3 Å². The van der Waals surface area contributed by atoms with Crippen LogP contribution >= 0.6 is 0 Å². The lowest BCUT2D eigenvalue weighted by Crippen LogP contribution is -2.46. The number of amides is 2.